The highest BCUT2D eigenvalue weighted by atomic mass is 79.9. The second-order valence-corrected chi connectivity index (χ2v) is 4.47. The molecular formula is C11H16BrN. The van der Waals surface area contributed by atoms with Gasteiger partial charge < -0.3 is 5.32 Å². The first-order valence-electron chi connectivity index (χ1n) is 4.58. The van der Waals surface area contributed by atoms with Crippen LogP contribution < -0.4 is 5.32 Å². The SMILES string of the molecule is Cc1ccc(CNC(C)C)cc1Br. The topological polar surface area (TPSA) is 12.0 Å². The Kier molecular flexibility index (Phi) is 3.94. The summed E-state index contributed by atoms with van der Waals surface area (Å²) in [5, 5.41) is 3.39. The minimum Gasteiger partial charge on any atom is -0.310 e. The third-order valence-electron chi connectivity index (χ3n) is 1.95. The van der Waals surface area contributed by atoms with Gasteiger partial charge in [0.1, 0.15) is 0 Å². The Balaban J connectivity index is 2.63. The van der Waals surface area contributed by atoms with Crippen LogP contribution in [0, 0.1) is 6.92 Å². The van der Waals surface area contributed by atoms with Crippen molar-refractivity contribution >= 4 is 15.9 Å². The Bertz CT molecular complexity index is 281. The molecule has 0 aliphatic heterocycles. The Hall–Kier alpha value is -0.340. The van der Waals surface area contributed by atoms with Gasteiger partial charge in [0.25, 0.3) is 0 Å². The van der Waals surface area contributed by atoms with Gasteiger partial charge in [0.15, 0.2) is 0 Å². The molecule has 0 atom stereocenters. The quantitative estimate of drug-likeness (QED) is 0.857. The van der Waals surface area contributed by atoms with Crippen molar-refractivity contribution in [2.45, 2.75) is 33.4 Å². The zero-order valence-electron chi connectivity index (χ0n) is 8.39. The van der Waals surface area contributed by atoms with Gasteiger partial charge in [-0.1, -0.05) is 41.9 Å². The molecule has 0 heterocycles. The number of hydrogen-bond donors (Lipinski definition) is 1. The van der Waals surface area contributed by atoms with Crippen LogP contribution in [0.1, 0.15) is 25.0 Å². The molecule has 0 saturated heterocycles. The first-order chi connectivity index (χ1) is 6.09. The summed E-state index contributed by atoms with van der Waals surface area (Å²) in [6.07, 6.45) is 0. The number of benzene rings is 1. The highest BCUT2D eigenvalue weighted by Gasteiger charge is 1.98. The molecule has 0 unspecified atom stereocenters. The minimum atomic E-state index is 0.542. The summed E-state index contributed by atoms with van der Waals surface area (Å²) in [5.41, 5.74) is 2.61. The minimum absolute atomic E-state index is 0.542. The average Bonchev–Trinajstić information content (AvgIpc) is 2.07. The van der Waals surface area contributed by atoms with E-state index in [1.165, 1.54) is 15.6 Å². The van der Waals surface area contributed by atoms with Gasteiger partial charge in [0.05, 0.1) is 0 Å². The van der Waals surface area contributed by atoms with E-state index in [9.17, 15) is 0 Å². The summed E-state index contributed by atoms with van der Waals surface area (Å²) >= 11 is 3.53. The average molecular weight is 242 g/mol. The monoisotopic (exact) mass is 241 g/mol. The number of hydrogen-bond acceptors (Lipinski definition) is 1. The van der Waals surface area contributed by atoms with E-state index in [4.69, 9.17) is 0 Å². The molecule has 1 nitrogen and oxygen atoms in total. The maximum absolute atomic E-state index is 3.53. The highest BCUT2D eigenvalue weighted by Crippen LogP contribution is 2.17. The fraction of sp³-hybridized carbons (Fsp3) is 0.455. The lowest BCUT2D eigenvalue weighted by atomic mass is 10.1. The zero-order chi connectivity index (χ0) is 9.84. The molecule has 0 saturated carbocycles. The lowest BCUT2D eigenvalue weighted by Gasteiger charge is -2.08. The molecule has 0 spiro atoms. The Morgan fingerprint density at radius 3 is 2.62 bits per heavy atom. The molecule has 0 aliphatic rings. The van der Waals surface area contributed by atoms with Gasteiger partial charge in [0, 0.05) is 17.1 Å². The number of aryl methyl sites for hydroxylation is 1. The molecule has 0 aliphatic carbocycles. The fourth-order valence-electron chi connectivity index (χ4n) is 1.07. The van der Waals surface area contributed by atoms with Crippen LogP contribution in [0.2, 0.25) is 0 Å². The van der Waals surface area contributed by atoms with Gasteiger partial charge in [-0.2, -0.15) is 0 Å². The van der Waals surface area contributed by atoms with Gasteiger partial charge in [0.2, 0.25) is 0 Å². The van der Waals surface area contributed by atoms with Crippen molar-refractivity contribution in [2.75, 3.05) is 0 Å². The summed E-state index contributed by atoms with van der Waals surface area (Å²) in [5.74, 6) is 0. The lowest BCUT2D eigenvalue weighted by Crippen LogP contribution is -2.21. The molecule has 1 aromatic carbocycles. The van der Waals surface area contributed by atoms with Crippen molar-refractivity contribution in [3.05, 3.63) is 33.8 Å². The number of nitrogens with one attached hydrogen (secondary N) is 1. The third kappa shape index (κ3) is 3.49. The van der Waals surface area contributed by atoms with E-state index < -0.39 is 0 Å². The van der Waals surface area contributed by atoms with E-state index in [0.29, 0.717) is 6.04 Å². The lowest BCUT2D eigenvalue weighted by molar-refractivity contribution is 0.588. The van der Waals surface area contributed by atoms with Gasteiger partial charge >= 0.3 is 0 Å². The van der Waals surface area contributed by atoms with Crippen molar-refractivity contribution in [1.82, 2.24) is 5.32 Å². The normalized spacial score (nSPS) is 10.8. The van der Waals surface area contributed by atoms with Gasteiger partial charge in [-0.05, 0) is 24.1 Å². The second kappa shape index (κ2) is 4.77. The molecule has 0 amide bonds. The van der Waals surface area contributed by atoms with Crippen LogP contribution in [0.5, 0.6) is 0 Å². The van der Waals surface area contributed by atoms with E-state index in [1.807, 2.05) is 0 Å². The molecule has 1 aromatic rings. The Labute approximate surface area is 88.7 Å². The van der Waals surface area contributed by atoms with Gasteiger partial charge in [-0.3, -0.25) is 0 Å². The first-order valence-corrected chi connectivity index (χ1v) is 5.37. The first kappa shape index (κ1) is 10.7. The second-order valence-electron chi connectivity index (χ2n) is 3.62. The van der Waals surface area contributed by atoms with Crippen molar-refractivity contribution in [2.24, 2.45) is 0 Å². The third-order valence-corrected chi connectivity index (χ3v) is 2.81. The number of halogens is 1. The van der Waals surface area contributed by atoms with Crippen LogP contribution >= 0.6 is 15.9 Å². The summed E-state index contributed by atoms with van der Waals surface area (Å²) in [6.45, 7) is 7.35. The van der Waals surface area contributed by atoms with E-state index in [1.54, 1.807) is 0 Å². The molecule has 1 rings (SSSR count). The fourth-order valence-corrected chi connectivity index (χ4v) is 1.49. The number of rotatable bonds is 3. The molecule has 2 heteroatoms. The highest BCUT2D eigenvalue weighted by molar-refractivity contribution is 9.10. The van der Waals surface area contributed by atoms with Crippen LogP contribution in [0.25, 0.3) is 0 Å². The van der Waals surface area contributed by atoms with Crippen molar-refractivity contribution in [3.63, 3.8) is 0 Å². The van der Waals surface area contributed by atoms with Crippen molar-refractivity contribution in [1.29, 1.82) is 0 Å². The van der Waals surface area contributed by atoms with Crippen molar-refractivity contribution < 1.29 is 0 Å². The largest absolute Gasteiger partial charge is 0.310 e. The van der Waals surface area contributed by atoms with E-state index >= 15 is 0 Å². The van der Waals surface area contributed by atoms with Crippen LogP contribution in [0.4, 0.5) is 0 Å². The molecule has 13 heavy (non-hydrogen) atoms. The Morgan fingerprint density at radius 1 is 1.38 bits per heavy atom. The predicted molar refractivity (Wildman–Crippen MR) is 60.9 cm³/mol. The van der Waals surface area contributed by atoms with Gasteiger partial charge in [-0.25, -0.2) is 0 Å². The molecule has 0 bridgehead atoms. The summed E-state index contributed by atoms with van der Waals surface area (Å²) < 4.78 is 1.19. The maximum atomic E-state index is 3.53. The predicted octanol–water partition coefficient (Wildman–Crippen LogP) is 3.26. The Morgan fingerprint density at radius 2 is 2.08 bits per heavy atom. The molecular weight excluding hydrogens is 226 g/mol. The molecule has 72 valence electrons. The molecule has 1 N–H and O–H groups in total. The van der Waals surface area contributed by atoms with E-state index in [0.717, 1.165) is 6.54 Å². The maximum Gasteiger partial charge on any atom is 0.0208 e. The van der Waals surface area contributed by atoms with E-state index in [2.05, 4.69) is 60.2 Å². The standard InChI is InChI=1S/C11H16BrN/c1-8(2)13-7-10-5-4-9(3)11(12)6-10/h4-6,8,13H,7H2,1-3H3. The summed E-state index contributed by atoms with van der Waals surface area (Å²) in [6, 6.07) is 7.02. The zero-order valence-corrected chi connectivity index (χ0v) is 9.98. The molecule has 0 aromatic heterocycles. The smallest absolute Gasteiger partial charge is 0.0208 e. The van der Waals surface area contributed by atoms with Crippen LogP contribution in [0.3, 0.4) is 0 Å². The van der Waals surface area contributed by atoms with Crippen LogP contribution in [-0.2, 0) is 6.54 Å². The van der Waals surface area contributed by atoms with Gasteiger partial charge in [-0.15, -0.1) is 0 Å². The molecule has 0 fully saturated rings. The van der Waals surface area contributed by atoms with E-state index in [-0.39, 0.29) is 0 Å². The molecule has 0 radical (unpaired) electrons. The van der Waals surface area contributed by atoms with Crippen LogP contribution in [-0.4, -0.2) is 6.04 Å². The van der Waals surface area contributed by atoms with Crippen LogP contribution in [0.15, 0.2) is 22.7 Å². The summed E-state index contributed by atoms with van der Waals surface area (Å²) in [7, 11) is 0. The summed E-state index contributed by atoms with van der Waals surface area (Å²) in [4.78, 5) is 0. The van der Waals surface area contributed by atoms with Crippen molar-refractivity contribution in [3.8, 4) is 0 Å².